The molecule has 1 atom stereocenters. The fourth-order valence-electron chi connectivity index (χ4n) is 2.49. The van der Waals surface area contributed by atoms with Gasteiger partial charge in [-0.05, 0) is 6.92 Å². The molecule has 0 radical (unpaired) electrons. The van der Waals surface area contributed by atoms with Crippen molar-refractivity contribution in [2.45, 2.75) is 25.8 Å². The van der Waals surface area contributed by atoms with Crippen LogP contribution in [0.4, 0.5) is 4.79 Å². The molecule has 0 spiro atoms. The van der Waals surface area contributed by atoms with Crippen LogP contribution in [-0.2, 0) is 9.59 Å². The number of nitrogens with one attached hydrogen (secondary N) is 2. The summed E-state index contributed by atoms with van der Waals surface area (Å²) in [7, 11) is 0. The molecule has 6 nitrogen and oxygen atoms in total. The lowest BCUT2D eigenvalue weighted by Gasteiger charge is -2.20. The van der Waals surface area contributed by atoms with E-state index in [0.717, 1.165) is 24.9 Å². The Balaban J connectivity index is 1.71. The van der Waals surface area contributed by atoms with Crippen molar-refractivity contribution < 1.29 is 19.3 Å². The highest BCUT2D eigenvalue weighted by Crippen LogP contribution is 2.17. The van der Waals surface area contributed by atoms with Crippen molar-refractivity contribution in [3.05, 3.63) is 0 Å². The van der Waals surface area contributed by atoms with E-state index in [4.69, 9.17) is 0 Å². The van der Waals surface area contributed by atoms with Crippen LogP contribution in [0.5, 0.6) is 0 Å². The minimum atomic E-state index is -0.211. The zero-order valence-corrected chi connectivity index (χ0v) is 11.9. The second-order valence-electron chi connectivity index (χ2n) is 4.98. The number of carbonyl (C=O) groups excluding carboxylic acids is 3. The number of quaternary nitrogens is 1. The van der Waals surface area contributed by atoms with Gasteiger partial charge in [0.2, 0.25) is 5.91 Å². The maximum Gasteiger partial charge on any atom is 0.288 e. The largest absolute Gasteiger partial charge is 0.349 e. The molecule has 2 fully saturated rings. The molecular formula is C12H20N3O3S+. The zero-order valence-electron chi connectivity index (χ0n) is 11.1. The minimum Gasteiger partial charge on any atom is -0.349 e. The number of hydrogen-bond donors (Lipinski definition) is 2. The average molecular weight is 286 g/mol. The molecule has 2 N–H and O–H groups in total. The van der Waals surface area contributed by atoms with Crippen molar-refractivity contribution in [3.8, 4) is 0 Å². The van der Waals surface area contributed by atoms with Gasteiger partial charge < -0.3 is 10.2 Å². The van der Waals surface area contributed by atoms with Crippen LogP contribution in [0.2, 0.25) is 0 Å². The summed E-state index contributed by atoms with van der Waals surface area (Å²) in [5, 5.41) is 2.60. The standard InChI is InChI=1S/C12H19N3O3S/c1-9(14-5-2-3-6-14)11(17)13-4-7-15-10(16)8-19-12(15)18/h9H,2-8H2,1H3,(H,13,17)/p+1/t9-/m0/s1. The van der Waals surface area contributed by atoms with E-state index in [0.29, 0.717) is 6.54 Å². The van der Waals surface area contributed by atoms with Gasteiger partial charge in [-0.2, -0.15) is 0 Å². The van der Waals surface area contributed by atoms with Crippen LogP contribution in [0.15, 0.2) is 0 Å². The van der Waals surface area contributed by atoms with E-state index in [1.165, 1.54) is 22.6 Å². The summed E-state index contributed by atoms with van der Waals surface area (Å²) in [6.07, 6.45) is 2.36. The van der Waals surface area contributed by atoms with Crippen LogP contribution in [0.25, 0.3) is 0 Å². The van der Waals surface area contributed by atoms with E-state index < -0.39 is 0 Å². The minimum absolute atomic E-state index is 0.00338. The summed E-state index contributed by atoms with van der Waals surface area (Å²) in [5.74, 6) is 0.0623. The van der Waals surface area contributed by atoms with Crippen LogP contribution in [0.1, 0.15) is 19.8 Å². The molecular weight excluding hydrogens is 266 g/mol. The molecule has 2 heterocycles. The Morgan fingerprint density at radius 1 is 1.42 bits per heavy atom. The van der Waals surface area contributed by atoms with Crippen LogP contribution in [0, 0.1) is 0 Å². The monoisotopic (exact) mass is 286 g/mol. The highest BCUT2D eigenvalue weighted by atomic mass is 32.2. The van der Waals surface area contributed by atoms with Gasteiger partial charge in [-0.3, -0.25) is 19.3 Å². The lowest BCUT2D eigenvalue weighted by Crippen LogP contribution is -3.15. The number of nitrogens with zero attached hydrogens (tertiary/aromatic N) is 1. The number of hydrogen-bond acceptors (Lipinski definition) is 4. The SMILES string of the molecule is C[C@@H](C(=O)NCCN1C(=O)CSC1=O)[NH+]1CCCC1. The predicted octanol–water partition coefficient (Wildman–Crippen LogP) is -1.13. The fourth-order valence-corrected chi connectivity index (χ4v) is 3.24. The maximum atomic E-state index is 11.9. The number of rotatable bonds is 5. The summed E-state index contributed by atoms with van der Waals surface area (Å²) in [6.45, 7) is 4.65. The Kier molecular flexibility index (Phi) is 4.81. The topological polar surface area (TPSA) is 70.9 Å². The lowest BCUT2D eigenvalue weighted by molar-refractivity contribution is -0.901. The molecule has 106 valence electrons. The van der Waals surface area contributed by atoms with Gasteiger partial charge in [0, 0.05) is 25.9 Å². The number of thioether (sulfide) groups is 1. The van der Waals surface area contributed by atoms with E-state index >= 15 is 0 Å². The van der Waals surface area contributed by atoms with Crippen LogP contribution < -0.4 is 10.2 Å². The molecule has 0 unspecified atom stereocenters. The van der Waals surface area contributed by atoms with Gasteiger partial charge in [0.05, 0.1) is 18.8 Å². The second-order valence-corrected chi connectivity index (χ2v) is 5.90. The van der Waals surface area contributed by atoms with Gasteiger partial charge in [0.15, 0.2) is 6.04 Å². The van der Waals surface area contributed by atoms with Crippen molar-refractivity contribution in [1.29, 1.82) is 0 Å². The Morgan fingerprint density at radius 2 is 2.11 bits per heavy atom. The summed E-state index contributed by atoms with van der Waals surface area (Å²) in [6, 6.07) is -0.0538. The molecule has 2 aliphatic rings. The number of carbonyl (C=O) groups is 3. The zero-order chi connectivity index (χ0) is 13.8. The molecule has 2 saturated heterocycles. The third kappa shape index (κ3) is 3.48. The van der Waals surface area contributed by atoms with E-state index in [1.54, 1.807) is 0 Å². The first kappa shape index (κ1) is 14.3. The van der Waals surface area contributed by atoms with Crippen molar-refractivity contribution in [1.82, 2.24) is 10.2 Å². The highest BCUT2D eigenvalue weighted by molar-refractivity contribution is 8.14. The third-order valence-corrected chi connectivity index (χ3v) is 4.59. The van der Waals surface area contributed by atoms with Gasteiger partial charge in [0.1, 0.15) is 0 Å². The lowest BCUT2D eigenvalue weighted by atomic mass is 10.3. The summed E-state index contributed by atoms with van der Waals surface area (Å²) in [5.41, 5.74) is 0. The van der Waals surface area contributed by atoms with Gasteiger partial charge in [0.25, 0.3) is 11.1 Å². The van der Waals surface area contributed by atoms with Gasteiger partial charge in [-0.15, -0.1) is 0 Å². The van der Waals surface area contributed by atoms with E-state index in [-0.39, 0.29) is 35.4 Å². The third-order valence-electron chi connectivity index (χ3n) is 3.73. The first-order chi connectivity index (χ1) is 9.09. The Hall–Kier alpha value is -1.08. The average Bonchev–Trinajstić information content (AvgIpc) is 3.02. The summed E-state index contributed by atoms with van der Waals surface area (Å²) >= 11 is 1.02. The van der Waals surface area contributed by atoms with E-state index in [1.807, 2.05) is 6.92 Å². The van der Waals surface area contributed by atoms with Crippen LogP contribution in [0.3, 0.4) is 0 Å². The molecule has 0 aromatic heterocycles. The van der Waals surface area contributed by atoms with Crippen molar-refractivity contribution in [3.63, 3.8) is 0 Å². The van der Waals surface area contributed by atoms with Gasteiger partial charge in [-0.25, -0.2) is 0 Å². The van der Waals surface area contributed by atoms with E-state index in [2.05, 4.69) is 5.32 Å². The summed E-state index contributed by atoms with van der Waals surface area (Å²) in [4.78, 5) is 37.2. The molecule has 2 aliphatic heterocycles. The smallest absolute Gasteiger partial charge is 0.288 e. The fraction of sp³-hybridized carbons (Fsp3) is 0.750. The molecule has 0 aromatic carbocycles. The normalized spacial score (nSPS) is 22.1. The number of imide groups is 1. The quantitative estimate of drug-likeness (QED) is 0.671. The van der Waals surface area contributed by atoms with E-state index in [9.17, 15) is 14.4 Å². The second kappa shape index (κ2) is 6.38. The van der Waals surface area contributed by atoms with Crippen molar-refractivity contribution in [2.75, 3.05) is 31.9 Å². The molecule has 0 aliphatic carbocycles. The van der Waals surface area contributed by atoms with Crippen molar-refractivity contribution in [2.24, 2.45) is 0 Å². The molecule has 19 heavy (non-hydrogen) atoms. The maximum absolute atomic E-state index is 11.9. The number of amides is 3. The first-order valence-electron chi connectivity index (χ1n) is 6.69. The molecule has 0 bridgehead atoms. The predicted molar refractivity (Wildman–Crippen MR) is 72.0 cm³/mol. The molecule has 7 heteroatoms. The molecule has 0 aromatic rings. The van der Waals surface area contributed by atoms with Crippen LogP contribution in [-0.4, -0.2) is 59.9 Å². The Labute approximate surface area is 116 Å². The van der Waals surface area contributed by atoms with Crippen LogP contribution >= 0.6 is 11.8 Å². The Bertz CT molecular complexity index is 366. The van der Waals surface area contributed by atoms with Crippen molar-refractivity contribution >= 4 is 28.8 Å². The highest BCUT2D eigenvalue weighted by Gasteiger charge is 2.30. The Morgan fingerprint density at radius 3 is 2.68 bits per heavy atom. The van der Waals surface area contributed by atoms with Gasteiger partial charge >= 0.3 is 0 Å². The number of likely N-dealkylation sites (tertiary alicyclic amines) is 1. The molecule has 0 saturated carbocycles. The molecule has 3 amide bonds. The summed E-state index contributed by atoms with van der Waals surface area (Å²) < 4.78 is 0. The molecule has 2 rings (SSSR count). The van der Waals surface area contributed by atoms with Gasteiger partial charge in [-0.1, -0.05) is 11.8 Å². The first-order valence-corrected chi connectivity index (χ1v) is 7.67.